The van der Waals surface area contributed by atoms with E-state index in [0.717, 1.165) is 37.6 Å². The number of benzene rings is 2. The Kier molecular flexibility index (Phi) is 10.1. The maximum Gasteiger partial charge on any atom is 0.172 e. The molecule has 0 unspecified atom stereocenters. The van der Waals surface area contributed by atoms with E-state index in [4.69, 9.17) is 9.98 Å². The molecule has 2 heterocycles. The molecule has 0 radical (unpaired) electrons. The second-order valence-corrected chi connectivity index (χ2v) is 19.2. The number of amidine groups is 2. The molecule has 4 heteroatoms. The highest BCUT2D eigenvalue weighted by atomic mass is 15.4. The molecule has 0 aliphatic carbocycles. The Balaban J connectivity index is 1.93. The molecule has 0 fully saturated rings. The summed E-state index contributed by atoms with van der Waals surface area (Å²) in [5, 5.41) is 0. The molecule has 0 spiro atoms. The van der Waals surface area contributed by atoms with Crippen LogP contribution in [0.2, 0.25) is 0 Å². The van der Waals surface area contributed by atoms with Gasteiger partial charge in [-0.3, -0.25) is 9.98 Å². The molecule has 4 nitrogen and oxygen atoms in total. The quantitative estimate of drug-likeness (QED) is 0.306. The van der Waals surface area contributed by atoms with Gasteiger partial charge in [-0.05, 0) is 92.9 Å². The van der Waals surface area contributed by atoms with E-state index in [0.29, 0.717) is 11.8 Å². The fourth-order valence-electron chi connectivity index (χ4n) is 6.58. The van der Waals surface area contributed by atoms with Gasteiger partial charge in [-0.1, -0.05) is 123 Å². The van der Waals surface area contributed by atoms with Crippen molar-refractivity contribution >= 4 is 23.0 Å². The van der Waals surface area contributed by atoms with E-state index in [-0.39, 0.29) is 33.7 Å². The first-order valence-corrected chi connectivity index (χ1v) is 18.0. The molecule has 254 valence electrons. The Hall–Kier alpha value is -2.62. The molecule has 0 bridgehead atoms. The minimum absolute atomic E-state index is 0.0421. The van der Waals surface area contributed by atoms with Crippen molar-refractivity contribution < 1.29 is 0 Å². The van der Waals surface area contributed by atoms with Crippen LogP contribution in [0.15, 0.2) is 46.4 Å². The molecular weight excluding hydrogens is 560 g/mol. The van der Waals surface area contributed by atoms with Crippen LogP contribution < -0.4 is 9.80 Å². The average molecular weight is 627 g/mol. The molecule has 0 N–H and O–H groups in total. The summed E-state index contributed by atoms with van der Waals surface area (Å²) in [4.78, 5) is 16.1. The zero-order chi connectivity index (χ0) is 34.6. The van der Waals surface area contributed by atoms with Crippen molar-refractivity contribution in [3.05, 3.63) is 58.7 Å². The molecule has 0 aromatic heterocycles. The van der Waals surface area contributed by atoms with E-state index < -0.39 is 0 Å². The largest absolute Gasteiger partial charge is 0.321 e. The summed E-state index contributed by atoms with van der Waals surface area (Å²) >= 11 is 0. The first kappa shape index (κ1) is 36.2. The molecule has 2 atom stereocenters. The highest BCUT2D eigenvalue weighted by molar-refractivity contribution is 6.50. The maximum atomic E-state index is 5.55. The lowest BCUT2D eigenvalue weighted by atomic mass is 9.80. The van der Waals surface area contributed by atoms with Gasteiger partial charge >= 0.3 is 0 Å². The molecule has 4 rings (SSSR count). The van der Waals surface area contributed by atoms with Crippen molar-refractivity contribution in [2.24, 2.45) is 21.8 Å². The first-order chi connectivity index (χ1) is 20.9. The standard InChI is InChI=1S/C42H66N4/c1-27(2)17-33-25-45(35-21-29(39(5,6)7)19-30(22-35)40(8,9)10)37(43-33)38-44-34(18-28(3)4)26-46(38)36-23-31(41(11,12)13)20-32(24-36)42(14,15)16/h19-24,27-28,33-34H,17-18,25-26H2,1-16H3/t33-,34-/m0/s1. The summed E-state index contributed by atoms with van der Waals surface area (Å²) in [6.07, 6.45) is 2.14. The van der Waals surface area contributed by atoms with Crippen LogP contribution >= 0.6 is 0 Å². The zero-order valence-corrected chi connectivity index (χ0v) is 32.4. The minimum Gasteiger partial charge on any atom is -0.321 e. The van der Waals surface area contributed by atoms with Crippen molar-refractivity contribution in [1.82, 2.24) is 0 Å². The molecule has 46 heavy (non-hydrogen) atoms. The Morgan fingerprint density at radius 1 is 0.500 bits per heavy atom. The molecule has 2 aromatic carbocycles. The first-order valence-electron chi connectivity index (χ1n) is 18.0. The lowest BCUT2D eigenvalue weighted by Crippen LogP contribution is -2.42. The van der Waals surface area contributed by atoms with E-state index in [2.05, 4.69) is 157 Å². The van der Waals surface area contributed by atoms with Gasteiger partial charge in [0.2, 0.25) is 0 Å². The Morgan fingerprint density at radius 2 is 0.761 bits per heavy atom. The summed E-state index contributed by atoms with van der Waals surface area (Å²) in [5.41, 5.74) is 8.15. The third-order valence-electron chi connectivity index (χ3n) is 9.52. The number of rotatable bonds is 7. The number of hydrogen-bond acceptors (Lipinski definition) is 4. The third kappa shape index (κ3) is 8.45. The van der Waals surface area contributed by atoms with Crippen LogP contribution in [0.4, 0.5) is 11.4 Å². The van der Waals surface area contributed by atoms with Gasteiger partial charge in [-0.2, -0.15) is 0 Å². The van der Waals surface area contributed by atoms with Crippen LogP contribution in [0.3, 0.4) is 0 Å². The van der Waals surface area contributed by atoms with Crippen LogP contribution in [0.1, 0.15) is 146 Å². The van der Waals surface area contributed by atoms with E-state index >= 15 is 0 Å². The Morgan fingerprint density at radius 3 is 0.978 bits per heavy atom. The highest BCUT2D eigenvalue weighted by Gasteiger charge is 2.38. The predicted octanol–water partition coefficient (Wildman–Crippen LogP) is 10.8. The lowest BCUT2D eigenvalue weighted by molar-refractivity contribution is 0.514. The Labute approximate surface area is 283 Å². The lowest BCUT2D eigenvalue weighted by Gasteiger charge is -2.32. The fourth-order valence-corrected chi connectivity index (χ4v) is 6.58. The molecule has 0 saturated heterocycles. The maximum absolute atomic E-state index is 5.55. The number of nitrogens with zero attached hydrogens (tertiary/aromatic N) is 4. The smallest absolute Gasteiger partial charge is 0.172 e. The van der Waals surface area contributed by atoms with E-state index in [9.17, 15) is 0 Å². The monoisotopic (exact) mass is 627 g/mol. The molecule has 2 aliphatic heterocycles. The van der Waals surface area contributed by atoms with Gasteiger partial charge in [0.25, 0.3) is 0 Å². The number of aliphatic imine (C=N–C) groups is 2. The second kappa shape index (κ2) is 12.8. The van der Waals surface area contributed by atoms with Gasteiger partial charge in [0.15, 0.2) is 11.7 Å². The minimum atomic E-state index is 0.0421. The van der Waals surface area contributed by atoms with Gasteiger partial charge in [0.1, 0.15) is 0 Å². The van der Waals surface area contributed by atoms with Gasteiger partial charge in [-0.25, -0.2) is 0 Å². The van der Waals surface area contributed by atoms with Crippen molar-refractivity contribution in [1.29, 1.82) is 0 Å². The molecule has 0 amide bonds. The topological polar surface area (TPSA) is 31.2 Å². The zero-order valence-electron chi connectivity index (χ0n) is 32.4. The van der Waals surface area contributed by atoms with Crippen LogP contribution in [0.25, 0.3) is 0 Å². The predicted molar refractivity (Wildman–Crippen MR) is 204 cm³/mol. The molecule has 2 aliphatic rings. The van der Waals surface area contributed by atoms with Gasteiger partial charge in [0, 0.05) is 24.5 Å². The van der Waals surface area contributed by atoms with Crippen molar-refractivity contribution in [3.8, 4) is 0 Å². The van der Waals surface area contributed by atoms with Crippen LogP contribution in [0.5, 0.6) is 0 Å². The van der Waals surface area contributed by atoms with Gasteiger partial charge in [-0.15, -0.1) is 0 Å². The van der Waals surface area contributed by atoms with Crippen LogP contribution in [0, 0.1) is 11.8 Å². The molecule has 0 saturated carbocycles. The summed E-state index contributed by atoms with van der Waals surface area (Å²) < 4.78 is 0. The third-order valence-corrected chi connectivity index (χ3v) is 9.52. The SMILES string of the molecule is CC(C)C[C@H]1CN(c2cc(C(C)(C)C)cc(C(C)(C)C)c2)C(C2=N[C@@H](CC(C)C)CN2c2cc(C(C)(C)C)cc(C(C)(C)C)c2)=N1. The van der Waals surface area contributed by atoms with Gasteiger partial charge < -0.3 is 9.80 Å². The normalized spacial score (nSPS) is 19.9. The second-order valence-electron chi connectivity index (χ2n) is 19.2. The molecular formula is C42H66N4. The molecule has 2 aromatic rings. The van der Waals surface area contributed by atoms with Gasteiger partial charge in [0.05, 0.1) is 12.1 Å². The van der Waals surface area contributed by atoms with Crippen LogP contribution in [-0.4, -0.2) is 36.8 Å². The summed E-state index contributed by atoms with van der Waals surface area (Å²) in [6.45, 7) is 39.0. The number of anilines is 2. The van der Waals surface area contributed by atoms with E-state index in [1.165, 1.54) is 33.6 Å². The van der Waals surface area contributed by atoms with E-state index in [1.54, 1.807) is 0 Å². The number of hydrogen-bond donors (Lipinski definition) is 0. The van der Waals surface area contributed by atoms with Crippen molar-refractivity contribution in [2.45, 2.75) is 157 Å². The highest BCUT2D eigenvalue weighted by Crippen LogP contribution is 2.38. The summed E-state index contributed by atoms with van der Waals surface area (Å²) in [5.74, 6) is 3.24. The van der Waals surface area contributed by atoms with Crippen LogP contribution in [-0.2, 0) is 21.7 Å². The summed E-state index contributed by atoms with van der Waals surface area (Å²) in [6, 6.07) is 15.0. The van der Waals surface area contributed by atoms with Crippen molar-refractivity contribution in [3.63, 3.8) is 0 Å². The average Bonchev–Trinajstić information content (AvgIpc) is 3.49. The Bertz CT molecular complexity index is 1270. The summed E-state index contributed by atoms with van der Waals surface area (Å²) in [7, 11) is 0. The van der Waals surface area contributed by atoms with Crippen molar-refractivity contribution in [2.75, 3.05) is 22.9 Å². The van der Waals surface area contributed by atoms with E-state index in [1.807, 2.05) is 0 Å². The fraction of sp³-hybridized carbons (Fsp3) is 0.667.